The lowest BCUT2D eigenvalue weighted by Crippen LogP contribution is -2.23. The molecule has 0 fully saturated rings. The van der Waals surface area contributed by atoms with E-state index in [1.807, 2.05) is 30.3 Å². The van der Waals surface area contributed by atoms with E-state index in [0.29, 0.717) is 15.6 Å². The van der Waals surface area contributed by atoms with E-state index in [1.54, 1.807) is 19.1 Å². The number of benzene rings is 2. The van der Waals surface area contributed by atoms with E-state index in [4.69, 9.17) is 16.9 Å². The van der Waals surface area contributed by atoms with Crippen LogP contribution in [0.5, 0.6) is 0 Å². The molecule has 5 nitrogen and oxygen atoms in total. The topological polar surface area (TPSA) is 81.8 Å². The Morgan fingerprint density at radius 1 is 1.23 bits per heavy atom. The van der Waals surface area contributed by atoms with E-state index < -0.39 is 12.1 Å². The zero-order valence-corrected chi connectivity index (χ0v) is 17.4. The maximum Gasteiger partial charge on any atom is 0.147 e. The van der Waals surface area contributed by atoms with Gasteiger partial charge in [-0.25, -0.2) is 0 Å². The number of nitriles is 1. The Kier molecular flexibility index (Phi) is 6.09. The standard InChI is InChI=1S/C18H14ClIN4OS/c1-10(25)16(22-13-8-7-12(9-21)14(19)15(13)20)18-24-23-17(26-18)11-5-3-2-4-6-11/h2-8,10,16,22,25H,1H3/t10-,16-/m1/s1. The maximum absolute atomic E-state index is 10.3. The summed E-state index contributed by atoms with van der Waals surface area (Å²) in [5.74, 6) is 0. The van der Waals surface area contributed by atoms with Gasteiger partial charge in [-0.15, -0.1) is 10.2 Å². The SMILES string of the molecule is C[C@@H](O)[C@@H](Nc1ccc(C#N)c(Cl)c1I)c1nnc(-c2ccccc2)s1. The molecule has 8 heteroatoms. The van der Waals surface area contributed by atoms with Crippen LogP contribution < -0.4 is 5.32 Å². The number of nitrogens with zero attached hydrogens (tertiary/aromatic N) is 3. The van der Waals surface area contributed by atoms with Gasteiger partial charge in [-0.3, -0.25) is 0 Å². The second kappa shape index (κ2) is 8.31. The van der Waals surface area contributed by atoms with Crippen molar-refractivity contribution in [3.8, 4) is 16.6 Å². The third kappa shape index (κ3) is 3.99. The van der Waals surface area contributed by atoms with Gasteiger partial charge in [0.05, 0.1) is 20.3 Å². The number of hydrogen-bond acceptors (Lipinski definition) is 6. The Balaban J connectivity index is 1.91. The molecule has 0 aliphatic rings. The normalized spacial score (nSPS) is 13.0. The third-order valence-corrected chi connectivity index (χ3v) is 6.61. The summed E-state index contributed by atoms with van der Waals surface area (Å²) >= 11 is 9.75. The molecular formula is C18H14ClIN4OS. The molecule has 0 aliphatic heterocycles. The molecule has 3 aromatic rings. The van der Waals surface area contributed by atoms with Crippen molar-refractivity contribution in [1.82, 2.24) is 10.2 Å². The summed E-state index contributed by atoms with van der Waals surface area (Å²) in [4.78, 5) is 0. The minimum atomic E-state index is -0.697. The van der Waals surface area contributed by atoms with Gasteiger partial charge in [0.15, 0.2) is 0 Å². The first kappa shape index (κ1) is 19.0. The van der Waals surface area contributed by atoms with Crippen molar-refractivity contribution in [2.75, 3.05) is 5.32 Å². The van der Waals surface area contributed by atoms with Crippen molar-refractivity contribution in [3.63, 3.8) is 0 Å². The second-order valence-corrected chi connectivity index (χ2v) is 8.04. The first-order chi connectivity index (χ1) is 12.5. The van der Waals surface area contributed by atoms with Gasteiger partial charge in [0.25, 0.3) is 0 Å². The zero-order valence-electron chi connectivity index (χ0n) is 13.6. The van der Waals surface area contributed by atoms with Crippen LogP contribution in [-0.2, 0) is 0 Å². The van der Waals surface area contributed by atoms with E-state index in [1.165, 1.54) is 11.3 Å². The first-order valence-corrected chi connectivity index (χ1v) is 10.00. The second-order valence-electron chi connectivity index (χ2n) is 5.57. The van der Waals surface area contributed by atoms with Crippen LogP contribution in [0.15, 0.2) is 42.5 Å². The highest BCUT2D eigenvalue weighted by molar-refractivity contribution is 14.1. The van der Waals surface area contributed by atoms with E-state index in [-0.39, 0.29) is 0 Å². The number of rotatable bonds is 5. The van der Waals surface area contributed by atoms with Gasteiger partial charge in [0.2, 0.25) is 0 Å². The summed E-state index contributed by atoms with van der Waals surface area (Å²) in [5, 5.41) is 33.0. The molecule has 0 amide bonds. The molecule has 0 saturated heterocycles. The van der Waals surface area contributed by atoms with Crippen LogP contribution in [0.2, 0.25) is 5.02 Å². The van der Waals surface area contributed by atoms with Gasteiger partial charge in [-0.1, -0.05) is 53.3 Å². The van der Waals surface area contributed by atoms with Crippen molar-refractivity contribution in [1.29, 1.82) is 5.26 Å². The molecule has 3 rings (SSSR count). The number of hydrogen-bond donors (Lipinski definition) is 2. The summed E-state index contributed by atoms with van der Waals surface area (Å²) in [6.45, 7) is 1.69. The van der Waals surface area contributed by atoms with Crippen LogP contribution in [0.1, 0.15) is 23.5 Å². The number of aliphatic hydroxyl groups is 1. The minimum Gasteiger partial charge on any atom is -0.391 e. The highest BCUT2D eigenvalue weighted by atomic mass is 127. The van der Waals surface area contributed by atoms with Gasteiger partial charge in [0.1, 0.15) is 22.1 Å². The maximum atomic E-state index is 10.3. The Morgan fingerprint density at radius 3 is 2.62 bits per heavy atom. The van der Waals surface area contributed by atoms with E-state index >= 15 is 0 Å². The molecule has 0 aliphatic carbocycles. The number of aromatic nitrogens is 2. The fourth-order valence-electron chi connectivity index (χ4n) is 2.36. The summed E-state index contributed by atoms with van der Waals surface area (Å²) in [6, 6.07) is 14.8. The molecule has 0 saturated carbocycles. The average Bonchev–Trinajstić information content (AvgIpc) is 3.13. The fraction of sp³-hybridized carbons (Fsp3) is 0.167. The highest BCUT2D eigenvalue weighted by Gasteiger charge is 2.24. The van der Waals surface area contributed by atoms with Crippen LogP contribution in [0.4, 0.5) is 5.69 Å². The number of anilines is 1. The number of halogens is 2. The van der Waals surface area contributed by atoms with Gasteiger partial charge >= 0.3 is 0 Å². The third-order valence-electron chi connectivity index (χ3n) is 3.72. The molecule has 0 bridgehead atoms. The molecule has 2 atom stereocenters. The average molecular weight is 497 g/mol. The predicted molar refractivity (Wildman–Crippen MR) is 112 cm³/mol. The molecule has 132 valence electrons. The van der Waals surface area contributed by atoms with Crippen molar-refractivity contribution in [3.05, 3.63) is 61.6 Å². The van der Waals surface area contributed by atoms with Crippen LogP contribution in [0.3, 0.4) is 0 Å². The molecule has 2 aromatic carbocycles. The van der Waals surface area contributed by atoms with Crippen molar-refractivity contribution in [2.45, 2.75) is 19.1 Å². The Hall–Kier alpha value is -1.73. The zero-order chi connectivity index (χ0) is 18.7. The van der Waals surface area contributed by atoms with Crippen molar-refractivity contribution >= 4 is 51.2 Å². The molecular weight excluding hydrogens is 483 g/mol. The van der Waals surface area contributed by atoms with Crippen LogP contribution in [-0.4, -0.2) is 21.4 Å². The Bertz CT molecular complexity index is 956. The van der Waals surface area contributed by atoms with Gasteiger partial charge in [-0.05, 0) is 41.6 Å². The molecule has 1 aromatic heterocycles. The molecule has 0 spiro atoms. The first-order valence-electron chi connectivity index (χ1n) is 7.72. The fourth-order valence-corrected chi connectivity index (χ4v) is 4.19. The van der Waals surface area contributed by atoms with Crippen LogP contribution >= 0.6 is 45.5 Å². The lowest BCUT2D eigenvalue weighted by atomic mass is 10.1. The van der Waals surface area contributed by atoms with Crippen LogP contribution in [0.25, 0.3) is 10.6 Å². The molecule has 2 N–H and O–H groups in total. The molecule has 26 heavy (non-hydrogen) atoms. The minimum absolute atomic E-state index is 0.393. The van der Waals surface area contributed by atoms with E-state index in [0.717, 1.165) is 19.8 Å². The Labute approximate surface area is 173 Å². The smallest absolute Gasteiger partial charge is 0.147 e. The van der Waals surface area contributed by atoms with Crippen molar-refractivity contribution in [2.24, 2.45) is 0 Å². The van der Waals surface area contributed by atoms with E-state index in [9.17, 15) is 5.11 Å². The quantitative estimate of drug-likeness (QED) is 0.493. The Morgan fingerprint density at radius 2 is 1.96 bits per heavy atom. The number of nitrogens with one attached hydrogen (secondary N) is 1. The van der Waals surface area contributed by atoms with Crippen LogP contribution in [0, 0.1) is 14.9 Å². The largest absolute Gasteiger partial charge is 0.391 e. The van der Waals surface area contributed by atoms with Gasteiger partial charge in [-0.2, -0.15) is 5.26 Å². The monoisotopic (exact) mass is 496 g/mol. The predicted octanol–water partition coefficient (Wildman–Crippen LogP) is 4.87. The summed E-state index contributed by atoms with van der Waals surface area (Å²) < 4.78 is 0.724. The summed E-state index contributed by atoms with van der Waals surface area (Å²) in [6.07, 6.45) is -0.697. The number of aliphatic hydroxyl groups excluding tert-OH is 1. The van der Waals surface area contributed by atoms with E-state index in [2.05, 4.69) is 44.2 Å². The summed E-state index contributed by atoms with van der Waals surface area (Å²) in [5.41, 5.74) is 2.13. The lowest BCUT2D eigenvalue weighted by molar-refractivity contribution is 0.171. The highest BCUT2D eigenvalue weighted by Crippen LogP contribution is 2.34. The van der Waals surface area contributed by atoms with Gasteiger partial charge in [0, 0.05) is 11.3 Å². The molecule has 1 heterocycles. The molecule has 0 radical (unpaired) electrons. The summed E-state index contributed by atoms with van der Waals surface area (Å²) in [7, 11) is 0. The van der Waals surface area contributed by atoms with Crippen molar-refractivity contribution < 1.29 is 5.11 Å². The molecule has 0 unspecified atom stereocenters. The lowest BCUT2D eigenvalue weighted by Gasteiger charge is -2.21. The van der Waals surface area contributed by atoms with Gasteiger partial charge < -0.3 is 10.4 Å².